The predicted octanol–water partition coefficient (Wildman–Crippen LogP) is 6.66. The molecule has 0 aliphatic carbocycles. The van der Waals surface area contributed by atoms with Crippen molar-refractivity contribution in [3.8, 4) is 6.26 Å². The summed E-state index contributed by atoms with van der Waals surface area (Å²) >= 11 is 0. The monoisotopic (exact) mass is 864 g/mol. The van der Waals surface area contributed by atoms with Crippen LogP contribution in [0.15, 0.2) is 47.5 Å². The van der Waals surface area contributed by atoms with E-state index in [-0.39, 0.29) is 0 Å². The molecule has 0 aromatic heterocycles. The first-order valence-corrected chi connectivity index (χ1v) is 20.8. The van der Waals surface area contributed by atoms with Gasteiger partial charge in [0.1, 0.15) is 17.5 Å². The van der Waals surface area contributed by atoms with Crippen molar-refractivity contribution in [3.05, 3.63) is 53.6 Å². The molecule has 4 rings (SSSR count). The number of nitriles is 1. The van der Waals surface area contributed by atoms with Crippen molar-refractivity contribution in [1.82, 2.24) is 20.4 Å². The molecule has 2 aromatic rings. The number of likely N-dealkylation sites (N-methyl/N-ethyl adjacent to an activating group) is 1. The number of amides is 4. The number of carbonyl (C=O) groups is 4. The van der Waals surface area contributed by atoms with Crippen LogP contribution in [0.2, 0.25) is 0 Å². The van der Waals surface area contributed by atoms with E-state index in [0.29, 0.717) is 18.8 Å². The predicted molar refractivity (Wildman–Crippen MR) is 248 cm³/mol. The fourth-order valence-electron chi connectivity index (χ4n) is 5.50. The summed E-state index contributed by atoms with van der Waals surface area (Å²) in [4.78, 5) is 57.1. The molecule has 0 unspecified atom stereocenters. The van der Waals surface area contributed by atoms with Crippen LogP contribution in [0.5, 0.6) is 0 Å². The summed E-state index contributed by atoms with van der Waals surface area (Å²) in [7, 11) is 3.39. The molecule has 0 radical (unpaired) electrons. The Kier molecular flexibility index (Phi) is 23.2. The molecule has 2 saturated heterocycles. The summed E-state index contributed by atoms with van der Waals surface area (Å²) in [5, 5.41) is 16.2. The number of carbonyl (C=O) groups excluding carboxylic acids is 4. The number of nitrogens with zero attached hydrogens (tertiary/aromatic N) is 6. The second-order valence-electron chi connectivity index (χ2n) is 17.1. The van der Waals surface area contributed by atoms with Crippen molar-refractivity contribution in [2.45, 2.75) is 107 Å². The first-order valence-electron chi connectivity index (χ1n) is 20.8. The summed E-state index contributed by atoms with van der Waals surface area (Å²) in [6.45, 7) is 31.1. The average Bonchev–Trinajstić information content (AvgIpc) is 3.17. The number of anilines is 3. The van der Waals surface area contributed by atoms with Crippen molar-refractivity contribution < 1.29 is 38.0 Å². The Hall–Kier alpha value is -5.83. The van der Waals surface area contributed by atoms with Gasteiger partial charge in [0.25, 0.3) is 0 Å². The van der Waals surface area contributed by atoms with Gasteiger partial charge in [-0.1, -0.05) is 13.8 Å². The van der Waals surface area contributed by atoms with Crippen molar-refractivity contribution in [2.24, 2.45) is 4.99 Å². The molecule has 0 atom stereocenters. The molecule has 4 amide bonds. The van der Waals surface area contributed by atoms with Crippen LogP contribution < -0.4 is 25.8 Å². The van der Waals surface area contributed by atoms with Gasteiger partial charge in [0.15, 0.2) is 0 Å². The maximum absolute atomic E-state index is 12.0. The fraction of sp³-hybridized carbons (Fsp3) is 0.568. The van der Waals surface area contributed by atoms with Gasteiger partial charge in [0, 0.05) is 37.6 Å². The zero-order valence-corrected chi connectivity index (χ0v) is 39.4. The van der Waals surface area contributed by atoms with Crippen LogP contribution in [0.4, 0.5) is 31.4 Å². The number of ether oxygens (including phenoxy) is 3. The normalized spacial score (nSPS) is 14.4. The van der Waals surface area contributed by atoms with E-state index in [9.17, 15) is 19.2 Å². The van der Waals surface area contributed by atoms with E-state index in [1.165, 1.54) is 24.1 Å². The SMILES string of the molecule is CC.CC(C)(C)OC(=O)/N=C/NC(=O)OC(C)(C)C.Cc1cc(N2CCN(C)CC2)ccc1NC=O.Cc1ccc(N2CCN(C(=BOC#N)NC(=O)OC(C)(C)C)CC2)cc1. The van der Waals surface area contributed by atoms with Crippen LogP contribution >= 0.6 is 0 Å². The van der Waals surface area contributed by atoms with Crippen LogP contribution in [0.1, 0.15) is 87.3 Å². The van der Waals surface area contributed by atoms with E-state index in [0.717, 1.165) is 63.3 Å². The summed E-state index contributed by atoms with van der Waals surface area (Å²) in [5.74, 6) is 0. The number of aryl methyl sites for hydroxylation is 2. The topological polar surface area (TPSA) is 190 Å². The Bertz CT molecular complexity index is 1800. The molecule has 2 heterocycles. The Labute approximate surface area is 370 Å². The third-order valence-electron chi connectivity index (χ3n) is 8.31. The number of hydrogen-bond donors (Lipinski definition) is 3. The molecule has 17 nitrogen and oxygen atoms in total. The molecule has 2 aliphatic rings. The summed E-state index contributed by atoms with van der Waals surface area (Å²) in [6, 6.07) is 14.6. The number of aliphatic imine (C=N–C) groups is 1. The summed E-state index contributed by atoms with van der Waals surface area (Å²) in [5.41, 5.74) is 4.25. The van der Waals surface area contributed by atoms with E-state index < -0.39 is 35.1 Å². The van der Waals surface area contributed by atoms with Crippen molar-refractivity contribution in [1.29, 1.82) is 5.26 Å². The fourth-order valence-corrected chi connectivity index (χ4v) is 5.50. The van der Waals surface area contributed by atoms with E-state index in [1.807, 2.05) is 31.7 Å². The molecular formula is C44H70BN9O8. The van der Waals surface area contributed by atoms with Crippen LogP contribution in [-0.2, 0) is 23.7 Å². The number of nitrogens with one attached hydrogen (secondary N) is 3. The molecule has 0 spiro atoms. The number of alkyl carbamates (subject to hydrolysis) is 2. The zero-order valence-electron chi connectivity index (χ0n) is 39.4. The third-order valence-corrected chi connectivity index (χ3v) is 8.31. The van der Waals surface area contributed by atoms with Crippen LogP contribution in [0.25, 0.3) is 0 Å². The van der Waals surface area contributed by atoms with Gasteiger partial charge < -0.3 is 24.6 Å². The molecule has 342 valence electrons. The van der Waals surface area contributed by atoms with Gasteiger partial charge in [0.2, 0.25) is 6.41 Å². The number of hydrogen-bond acceptors (Lipinski definition) is 13. The molecule has 0 bridgehead atoms. The van der Waals surface area contributed by atoms with Crippen LogP contribution in [0, 0.1) is 25.4 Å². The minimum absolute atomic E-state index is 0.421. The van der Waals surface area contributed by atoms with Crippen LogP contribution in [-0.4, -0.2) is 130 Å². The van der Waals surface area contributed by atoms with Gasteiger partial charge in [-0.2, -0.15) is 4.99 Å². The van der Waals surface area contributed by atoms with Crippen molar-refractivity contribution >= 4 is 60.9 Å². The molecule has 62 heavy (non-hydrogen) atoms. The average molecular weight is 864 g/mol. The first kappa shape index (κ1) is 54.2. The Balaban J connectivity index is 0.000000472. The number of rotatable bonds is 8. The van der Waals surface area contributed by atoms with Crippen LogP contribution in [0.3, 0.4) is 0 Å². The molecule has 2 aromatic carbocycles. The Morgan fingerprint density at radius 1 is 0.742 bits per heavy atom. The van der Waals surface area contributed by atoms with Gasteiger partial charge >= 0.3 is 167 Å². The van der Waals surface area contributed by atoms with E-state index in [4.69, 9.17) is 24.1 Å². The minimum atomic E-state index is -0.770. The zero-order chi connectivity index (χ0) is 47.1. The quantitative estimate of drug-likeness (QED) is 0.0639. The van der Waals surface area contributed by atoms with Gasteiger partial charge in [-0.3, -0.25) is 10.1 Å². The van der Waals surface area contributed by atoms with E-state index in [2.05, 4.69) is 86.0 Å². The molecule has 18 heteroatoms. The van der Waals surface area contributed by atoms with Crippen molar-refractivity contribution in [3.63, 3.8) is 0 Å². The maximum atomic E-state index is 12.0. The standard InChI is InChI=1S/C18H25BN4O3.C13H19N3O.C11H20N2O4.C2H6/c1-14-5-7-15(8-6-14)22-9-11-23(12-10-22)16(19-25-13-20)21-17(24)26-18(2,3)4;1-11-9-12(3-4-13(11)14-10-17)16-7-5-15(2)6-8-16;1-10(2,3)16-8(14)12-7-13-9(15)17-11(4,5)6;1-2/h5-8H,9-12H2,1-4H3,(H,21,24);3-4,9-10H,5-8H2,1-2H3,(H,14,17);7H,1-6H3,(H,12,13,14,15);1-2H3. The molecule has 3 N–H and O–H groups in total. The second-order valence-corrected chi connectivity index (χ2v) is 17.1. The third kappa shape index (κ3) is 23.2. The van der Waals surface area contributed by atoms with Gasteiger partial charge in [-0.25, -0.2) is 9.59 Å². The Morgan fingerprint density at radius 3 is 1.74 bits per heavy atom. The summed E-state index contributed by atoms with van der Waals surface area (Å²) in [6.07, 6.45) is 1.24. The van der Waals surface area contributed by atoms with E-state index in [1.54, 1.807) is 68.6 Å². The number of benzene rings is 2. The van der Waals surface area contributed by atoms with Crippen molar-refractivity contribution in [2.75, 3.05) is 74.5 Å². The summed E-state index contributed by atoms with van der Waals surface area (Å²) < 4.78 is 19.8. The Morgan fingerprint density at radius 2 is 1.24 bits per heavy atom. The van der Waals surface area contributed by atoms with Gasteiger partial charge in [-0.05, 0) is 79.3 Å². The van der Waals surface area contributed by atoms with Gasteiger partial charge in [0.05, 0.1) is 0 Å². The second kappa shape index (κ2) is 26.5. The molecule has 2 aliphatic heterocycles. The van der Waals surface area contributed by atoms with Gasteiger partial charge in [-0.15, -0.1) is 0 Å². The molecule has 0 saturated carbocycles. The first-order chi connectivity index (χ1) is 29.0. The molecular weight excluding hydrogens is 793 g/mol. The van der Waals surface area contributed by atoms with E-state index >= 15 is 0 Å². The number of piperazine rings is 2. The molecule has 2 fully saturated rings.